The average Bonchev–Trinajstić information content (AvgIpc) is 2.47. The summed E-state index contributed by atoms with van der Waals surface area (Å²) in [6, 6.07) is 2.04. The Labute approximate surface area is 132 Å². The van der Waals surface area contributed by atoms with E-state index in [0.29, 0.717) is 0 Å². The summed E-state index contributed by atoms with van der Waals surface area (Å²) in [6.45, 7) is 7.55. The predicted octanol–water partition coefficient (Wildman–Crippen LogP) is 1.97. The van der Waals surface area contributed by atoms with Crippen LogP contribution in [0.4, 0.5) is 11.8 Å². The van der Waals surface area contributed by atoms with Gasteiger partial charge < -0.3 is 9.80 Å². The van der Waals surface area contributed by atoms with E-state index in [4.69, 9.17) is 0 Å². The van der Waals surface area contributed by atoms with Gasteiger partial charge in [0.25, 0.3) is 0 Å². The van der Waals surface area contributed by atoms with Crippen molar-refractivity contribution in [2.75, 3.05) is 36.0 Å². The van der Waals surface area contributed by atoms with Gasteiger partial charge in [0.15, 0.2) is 0 Å². The summed E-state index contributed by atoms with van der Waals surface area (Å²) in [6.07, 6.45) is 3.57. The fourth-order valence-electron chi connectivity index (χ4n) is 2.46. The molecule has 0 aromatic carbocycles. The SMILES string of the molecule is Cc1cc(N2CCN(c3ncc(Br)cn3)CC2)nc(C)n1. The summed E-state index contributed by atoms with van der Waals surface area (Å²) in [5, 5.41) is 0. The number of halogens is 1. The number of piperazine rings is 1. The third-order valence-electron chi connectivity index (χ3n) is 3.45. The molecule has 21 heavy (non-hydrogen) atoms. The topological polar surface area (TPSA) is 58.0 Å². The molecule has 7 heteroatoms. The first kappa shape index (κ1) is 14.2. The van der Waals surface area contributed by atoms with E-state index in [1.807, 2.05) is 19.9 Å². The molecule has 0 atom stereocenters. The second kappa shape index (κ2) is 5.93. The van der Waals surface area contributed by atoms with Gasteiger partial charge >= 0.3 is 0 Å². The van der Waals surface area contributed by atoms with Crippen molar-refractivity contribution < 1.29 is 0 Å². The minimum absolute atomic E-state index is 0.785. The number of hydrogen-bond acceptors (Lipinski definition) is 6. The minimum atomic E-state index is 0.785. The molecule has 0 unspecified atom stereocenters. The van der Waals surface area contributed by atoms with Crippen LogP contribution < -0.4 is 9.80 Å². The standard InChI is InChI=1S/C14H17BrN6/c1-10-7-13(19-11(2)18-10)20-3-5-21(6-4-20)14-16-8-12(15)9-17-14/h7-9H,3-6H2,1-2H3. The molecule has 1 aliphatic rings. The normalized spacial score (nSPS) is 15.4. The van der Waals surface area contributed by atoms with Crippen molar-refractivity contribution in [1.29, 1.82) is 0 Å². The Morgan fingerprint density at radius 1 is 0.952 bits per heavy atom. The Bertz CT molecular complexity index is 602. The van der Waals surface area contributed by atoms with Gasteiger partial charge in [0.2, 0.25) is 5.95 Å². The lowest BCUT2D eigenvalue weighted by molar-refractivity contribution is 0.632. The van der Waals surface area contributed by atoms with Gasteiger partial charge in [-0.1, -0.05) is 0 Å². The molecular weight excluding hydrogens is 332 g/mol. The van der Waals surface area contributed by atoms with Gasteiger partial charge in [0, 0.05) is 50.3 Å². The van der Waals surface area contributed by atoms with Crippen molar-refractivity contribution in [3.05, 3.63) is 34.5 Å². The van der Waals surface area contributed by atoms with E-state index in [0.717, 1.165) is 53.9 Å². The highest BCUT2D eigenvalue weighted by atomic mass is 79.9. The fourth-order valence-corrected chi connectivity index (χ4v) is 2.67. The molecule has 3 heterocycles. The Morgan fingerprint density at radius 3 is 2.19 bits per heavy atom. The molecule has 6 nitrogen and oxygen atoms in total. The summed E-state index contributed by atoms with van der Waals surface area (Å²) in [5.41, 5.74) is 1.01. The number of rotatable bonds is 2. The van der Waals surface area contributed by atoms with Gasteiger partial charge in [-0.15, -0.1) is 0 Å². The Kier molecular flexibility index (Phi) is 4.01. The zero-order valence-corrected chi connectivity index (χ0v) is 13.7. The van der Waals surface area contributed by atoms with Crippen LogP contribution in [-0.2, 0) is 0 Å². The lowest BCUT2D eigenvalue weighted by Gasteiger charge is -2.35. The summed E-state index contributed by atoms with van der Waals surface area (Å²) in [4.78, 5) is 22.0. The highest BCUT2D eigenvalue weighted by Gasteiger charge is 2.20. The van der Waals surface area contributed by atoms with Gasteiger partial charge in [-0.25, -0.2) is 19.9 Å². The molecule has 0 amide bonds. The maximum absolute atomic E-state index is 4.53. The molecular formula is C14H17BrN6. The molecule has 110 valence electrons. The largest absolute Gasteiger partial charge is 0.353 e. The number of hydrogen-bond donors (Lipinski definition) is 0. The molecule has 1 saturated heterocycles. The molecule has 0 radical (unpaired) electrons. The highest BCUT2D eigenvalue weighted by Crippen LogP contribution is 2.17. The van der Waals surface area contributed by atoms with E-state index < -0.39 is 0 Å². The van der Waals surface area contributed by atoms with Gasteiger partial charge in [0.05, 0.1) is 4.47 Å². The Hall–Kier alpha value is -1.76. The van der Waals surface area contributed by atoms with E-state index >= 15 is 0 Å². The maximum atomic E-state index is 4.53. The van der Waals surface area contributed by atoms with E-state index in [9.17, 15) is 0 Å². The van der Waals surface area contributed by atoms with E-state index in [2.05, 4.69) is 45.7 Å². The Balaban J connectivity index is 1.68. The highest BCUT2D eigenvalue weighted by molar-refractivity contribution is 9.10. The van der Waals surface area contributed by atoms with Crippen LogP contribution in [0.1, 0.15) is 11.5 Å². The first-order valence-corrected chi connectivity index (χ1v) is 7.71. The lowest BCUT2D eigenvalue weighted by atomic mass is 10.3. The van der Waals surface area contributed by atoms with Crippen molar-refractivity contribution in [3.63, 3.8) is 0 Å². The van der Waals surface area contributed by atoms with Gasteiger partial charge in [-0.05, 0) is 29.8 Å². The summed E-state index contributed by atoms with van der Waals surface area (Å²) < 4.78 is 0.900. The Morgan fingerprint density at radius 2 is 1.57 bits per heavy atom. The number of aromatic nitrogens is 4. The quantitative estimate of drug-likeness (QED) is 0.826. The summed E-state index contributed by atoms with van der Waals surface area (Å²) >= 11 is 3.36. The van der Waals surface area contributed by atoms with E-state index in [1.165, 1.54) is 0 Å². The van der Waals surface area contributed by atoms with Crippen molar-refractivity contribution in [1.82, 2.24) is 19.9 Å². The molecule has 0 spiro atoms. The molecule has 1 aliphatic heterocycles. The van der Waals surface area contributed by atoms with Crippen molar-refractivity contribution in [2.45, 2.75) is 13.8 Å². The van der Waals surface area contributed by atoms with Crippen molar-refractivity contribution in [2.24, 2.45) is 0 Å². The second-order valence-corrected chi connectivity index (χ2v) is 6.01. The first-order chi connectivity index (χ1) is 10.1. The number of aryl methyl sites for hydroxylation is 2. The summed E-state index contributed by atoms with van der Waals surface area (Å²) in [7, 11) is 0. The molecule has 2 aromatic rings. The molecule has 0 saturated carbocycles. The smallest absolute Gasteiger partial charge is 0.225 e. The van der Waals surface area contributed by atoms with Crippen LogP contribution in [0.2, 0.25) is 0 Å². The third kappa shape index (κ3) is 3.29. The lowest BCUT2D eigenvalue weighted by Crippen LogP contribution is -2.47. The van der Waals surface area contributed by atoms with Crippen LogP contribution in [-0.4, -0.2) is 46.1 Å². The minimum Gasteiger partial charge on any atom is -0.353 e. The molecule has 3 rings (SSSR count). The zero-order chi connectivity index (χ0) is 14.8. The van der Waals surface area contributed by atoms with Crippen molar-refractivity contribution >= 4 is 27.7 Å². The average molecular weight is 349 g/mol. The molecule has 2 aromatic heterocycles. The predicted molar refractivity (Wildman–Crippen MR) is 85.7 cm³/mol. The monoisotopic (exact) mass is 348 g/mol. The number of nitrogens with zero attached hydrogens (tertiary/aromatic N) is 6. The zero-order valence-electron chi connectivity index (χ0n) is 12.1. The molecule has 0 aliphatic carbocycles. The van der Waals surface area contributed by atoms with E-state index in [-0.39, 0.29) is 0 Å². The van der Waals surface area contributed by atoms with Crippen molar-refractivity contribution in [3.8, 4) is 0 Å². The van der Waals surface area contributed by atoms with Gasteiger partial charge in [-0.2, -0.15) is 0 Å². The van der Waals surface area contributed by atoms with Crippen LogP contribution in [0.5, 0.6) is 0 Å². The van der Waals surface area contributed by atoms with Gasteiger partial charge in [-0.3, -0.25) is 0 Å². The summed E-state index contributed by atoms with van der Waals surface area (Å²) in [5.74, 6) is 2.62. The third-order valence-corrected chi connectivity index (χ3v) is 3.86. The fraction of sp³-hybridized carbons (Fsp3) is 0.429. The second-order valence-electron chi connectivity index (χ2n) is 5.09. The van der Waals surface area contributed by atoms with E-state index in [1.54, 1.807) is 12.4 Å². The first-order valence-electron chi connectivity index (χ1n) is 6.91. The van der Waals surface area contributed by atoms with Crippen LogP contribution in [0, 0.1) is 13.8 Å². The molecule has 1 fully saturated rings. The van der Waals surface area contributed by atoms with Crippen LogP contribution >= 0.6 is 15.9 Å². The van der Waals surface area contributed by atoms with Crippen LogP contribution in [0.15, 0.2) is 22.9 Å². The van der Waals surface area contributed by atoms with Crippen LogP contribution in [0.25, 0.3) is 0 Å². The number of anilines is 2. The maximum Gasteiger partial charge on any atom is 0.225 e. The molecule has 0 N–H and O–H groups in total. The van der Waals surface area contributed by atoms with Crippen LogP contribution in [0.3, 0.4) is 0 Å². The molecule has 0 bridgehead atoms. The van der Waals surface area contributed by atoms with Gasteiger partial charge in [0.1, 0.15) is 11.6 Å².